The summed E-state index contributed by atoms with van der Waals surface area (Å²) in [5.74, 6) is -0.335. The molecule has 0 fully saturated rings. The van der Waals surface area contributed by atoms with Gasteiger partial charge in [0.15, 0.2) is 5.76 Å². The van der Waals surface area contributed by atoms with Crippen molar-refractivity contribution in [2.24, 2.45) is 0 Å². The van der Waals surface area contributed by atoms with Crippen LogP contribution < -0.4 is 5.32 Å². The van der Waals surface area contributed by atoms with E-state index in [1.165, 1.54) is 25.6 Å². The van der Waals surface area contributed by atoms with Gasteiger partial charge in [-0.1, -0.05) is 0 Å². The molecular weight excluding hydrogens is 258 g/mol. The number of carbonyl (C=O) groups is 2. The minimum absolute atomic E-state index is 0.228. The van der Waals surface area contributed by atoms with Gasteiger partial charge in [-0.25, -0.2) is 4.79 Å². The van der Waals surface area contributed by atoms with Crippen LogP contribution in [0, 0.1) is 0 Å². The smallest absolute Gasteiger partial charge is 0.337 e. The van der Waals surface area contributed by atoms with Crippen LogP contribution in [0.2, 0.25) is 0 Å². The summed E-state index contributed by atoms with van der Waals surface area (Å²) >= 11 is 0. The van der Waals surface area contributed by atoms with Gasteiger partial charge in [0.25, 0.3) is 0 Å². The maximum atomic E-state index is 11.6. The predicted molar refractivity (Wildman–Crippen MR) is 73.6 cm³/mol. The van der Waals surface area contributed by atoms with E-state index in [1.54, 1.807) is 36.4 Å². The first kappa shape index (κ1) is 13.6. The lowest BCUT2D eigenvalue weighted by molar-refractivity contribution is 0.0600. The van der Waals surface area contributed by atoms with Gasteiger partial charge >= 0.3 is 5.97 Å². The molecule has 0 bridgehead atoms. The summed E-state index contributed by atoms with van der Waals surface area (Å²) in [5.41, 5.74) is 1.22. The largest absolute Gasteiger partial charge is 0.465 e. The van der Waals surface area contributed by atoms with E-state index < -0.39 is 0 Å². The van der Waals surface area contributed by atoms with Crippen LogP contribution in [-0.4, -0.2) is 18.9 Å². The van der Waals surface area contributed by atoms with Crippen molar-refractivity contribution in [3.8, 4) is 0 Å². The molecule has 0 radical (unpaired) electrons. The van der Waals surface area contributed by atoms with E-state index in [0.717, 1.165) is 5.69 Å². The van der Waals surface area contributed by atoms with Crippen LogP contribution in [0.5, 0.6) is 0 Å². The van der Waals surface area contributed by atoms with Crippen molar-refractivity contribution in [2.45, 2.75) is 0 Å². The van der Waals surface area contributed by atoms with Crippen LogP contribution >= 0.6 is 0 Å². The highest BCUT2D eigenvalue weighted by molar-refractivity contribution is 6.02. The third-order valence-electron chi connectivity index (χ3n) is 2.55. The number of allylic oxidation sites excluding steroid dienone is 1. The van der Waals surface area contributed by atoms with Crippen molar-refractivity contribution >= 4 is 17.4 Å². The van der Waals surface area contributed by atoms with E-state index in [-0.39, 0.29) is 17.5 Å². The molecule has 1 N–H and O–H groups in total. The lowest BCUT2D eigenvalue weighted by Crippen LogP contribution is -2.00. The van der Waals surface area contributed by atoms with Gasteiger partial charge in [0, 0.05) is 18.0 Å². The molecule has 102 valence electrons. The van der Waals surface area contributed by atoms with E-state index >= 15 is 0 Å². The number of furan rings is 1. The zero-order valence-corrected chi connectivity index (χ0v) is 10.8. The zero-order valence-electron chi connectivity index (χ0n) is 10.8. The molecule has 2 aromatic rings. The first-order valence-corrected chi connectivity index (χ1v) is 5.90. The summed E-state index contributed by atoms with van der Waals surface area (Å²) in [6.45, 7) is 0. The van der Waals surface area contributed by atoms with Crippen molar-refractivity contribution in [3.63, 3.8) is 0 Å². The van der Waals surface area contributed by atoms with Gasteiger partial charge in [0.1, 0.15) is 0 Å². The van der Waals surface area contributed by atoms with Gasteiger partial charge in [-0.2, -0.15) is 0 Å². The zero-order chi connectivity index (χ0) is 14.4. The fourth-order valence-corrected chi connectivity index (χ4v) is 1.53. The molecule has 20 heavy (non-hydrogen) atoms. The number of nitrogens with one attached hydrogen (secondary N) is 1. The quantitative estimate of drug-likeness (QED) is 0.514. The highest BCUT2D eigenvalue weighted by Crippen LogP contribution is 2.10. The summed E-state index contributed by atoms with van der Waals surface area (Å²) in [6, 6.07) is 9.95. The van der Waals surface area contributed by atoms with Crippen LogP contribution in [0.1, 0.15) is 20.9 Å². The van der Waals surface area contributed by atoms with Crippen LogP contribution in [0.15, 0.2) is 59.4 Å². The second kappa shape index (κ2) is 6.38. The number of ether oxygens (including phenoxy) is 1. The molecule has 5 heteroatoms. The highest BCUT2D eigenvalue weighted by Gasteiger charge is 2.04. The molecule has 1 aromatic heterocycles. The van der Waals surface area contributed by atoms with Gasteiger partial charge in [0.2, 0.25) is 5.78 Å². The molecule has 0 saturated carbocycles. The van der Waals surface area contributed by atoms with Gasteiger partial charge in [-0.15, -0.1) is 0 Å². The van der Waals surface area contributed by atoms with Crippen LogP contribution in [-0.2, 0) is 4.74 Å². The number of benzene rings is 1. The van der Waals surface area contributed by atoms with E-state index in [4.69, 9.17) is 4.42 Å². The Labute approximate surface area is 115 Å². The SMILES string of the molecule is COC(=O)c1ccc(N/C=C/C(=O)c2ccco2)cc1. The molecule has 0 aliphatic heterocycles. The van der Waals surface area contributed by atoms with Gasteiger partial charge in [-0.05, 0) is 36.4 Å². The maximum absolute atomic E-state index is 11.6. The van der Waals surface area contributed by atoms with Gasteiger partial charge in [-0.3, -0.25) is 4.79 Å². The number of esters is 1. The standard InChI is InChI=1S/C15H13NO4/c1-19-15(18)11-4-6-12(7-5-11)16-9-8-13(17)14-3-2-10-20-14/h2-10,16H,1H3/b9-8+. The Hall–Kier alpha value is -2.82. The Bertz CT molecular complexity index is 612. The van der Waals surface area contributed by atoms with Crippen molar-refractivity contribution in [3.05, 3.63) is 66.3 Å². The number of anilines is 1. The number of methoxy groups -OCH3 is 1. The Morgan fingerprint density at radius 1 is 1.20 bits per heavy atom. The maximum Gasteiger partial charge on any atom is 0.337 e. The highest BCUT2D eigenvalue weighted by atomic mass is 16.5. The average Bonchev–Trinajstić information content (AvgIpc) is 3.01. The van der Waals surface area contributed by atoms with Crippen LogP contribution in [0.25, 0.3) is 0 Å². The molecule has 0 unspecified atom stereocenters. The number of hydrogen-bond acceptors (Lipinski definition) is 5. The molecule has 0 aliphatic rings. The molecule has 0 atom stereocenters. The van der Waals surface area contributed by atoms with Gasteiger partial charge < -0.3 is 14.5 Å². The normalized spacial score (nSPS) is 10.4. The number of ketones is 1. The van der Waals surface area contributed by atoms with E-state index in [9.17, 15) is 9.59 Å². The lowest BCUT2D eigenvalue weighted by Gasteiger charge is -2.02. The third-order valence-corrected chi connectivity index (χ3v) is 2.55. The number of hydrogen-bond donors (Lipinski definition) is 1. The minimum atomic E-state index is -0.389. The van der Waals surface area contributed by atoms with Crippen molar-refractivity contribution in [2.75, 3.05) is 12.4 Å². The van der Waals surface area contributed by atoms with E-state index in [0.29, 0.717) is 5.56 Å². The van der Waals surface area contributed by atoms with Crippen molar-refractivity contribution < 1.29 is 18.7 Å². The Balaban J connectivity index is 1.94. The minimum Gasteiger partial charge on any atom is -0.465 e. The molecule has 1 heterocycles. The fourth-order valence-electron chi connectivity index (χ4n) is 1.53. The Morgan fingerprint density at radius 2 is 1.95 bits per heavy atom. The van der Waals surface area contributed by atoms with Crippen LogP contribution in [0.3, 0.4) is 0 Å². The molecule has 2 rings (SSSR count). The summed E-state index contributed by atoms with van der Waals surface area (Å²) in [5, 5.41) is 2.93. The van der Waals surface area contributed by atoms with E-state index in [2.05, 4.69) is 10.1 Å². The van der Waals surface area contributed by atoms with Crippen LogP contribution in [0.4, 0.5) is 5.69 Å². The number of carbonyl (C=O) groups excluding carboxylic acids is 2. The Morgan fingerprint density at radius 3 is 2.55 bits per heavy atom. The second-order valence-corrected chi connectivity index (χ2v) is 3.89. The topological polar surface area (TPSA) is 68.5 Å². The summed E-state index contributed by atoms with van der Waals surface area (Å²) in [4.78, 5) is 22.8. The second-order valence-electron chi connectivity index (χ2n) is 3.89. The Kier molecular flexibility index (Phi) is 4.34. The lowest BCUT2D eigenvalue weighted by atomic mass is 10.2. The summed E-state index contributed by atoms with van der Waals surface area (Å²) in [7, 11) is 1.33. The molecule has 0 saturated heterocycles. The first-order valence-electron chi connectivity index (χ1n) is 5.90. The molecule has 0 amide bonds. The molecule has 5 nitrogen and oxygen atoms in total. The average molecular weight is 271 g/mol. The van der Waals surface area contributed by atoms with E-state index in [1.807, 2.05) is 0 Å². The fraction of sp³-hybridized carbons (Fsp3) is 0.0667. The van der Waals surface area contributed by atoms with Crippen molar-refractivity contribution in [1.82, 2.24) is 0 Å². The summed E-state index contributed by atoms with van der Waals surface area (Å²) < 4.78 is 9.57. The monoisotopic (exact) mass is 271 g/mol. The first-order chi connectivity index (χ1) is 9.70. The molecule has 0 aliphatic carbocycles. The van der Waals surface area contributed by atoms with Gasteiger partial charge in [0.05, 0.1) is 18.9 Å². The third kappa shape index (κ3) is 3.35. The molecular formula is C15H13NO4. The summed E-state index contributed by atoms with van der Waals surface area (Å²) in [6.07, 6.45) is 4.32. The number of rotatable bonds is 5. The predicted octanol–water partition coefficient (Wildman–Crippen LogP) is 2.87. The molecule has 1 aromatic carbocycles. The molecule has 0 spiro atoms. The van der Waals surface area contributed by atoms with Crippen molar-refractivity contribution in [1.29, 1.82) is 0 Å².